The van der Waals surface area contributed by atoms with Gasteiger partial charge in [-0.15, -0.1) is 0 Å². The topological polar surface area (TPSA) is 21.3 Å². The number of hydrogen-bond donors (Lipinski definition) is 1. The maximum atomic E-state index is 11.8. The molecule has 0 radical (unpaired) electrons. The summed E-state index contributed by atoms with van der Waals surface area (Å²) >= 11 is 0. The average Bonchev–Trinajstić information content (AvgIpc) is 2.50. The Morgan fingerprint density at radius 3 is 2.29 bits per heavy atom. The van der Waals surface area contributed by atoms with E-state index in [0.29, 0.717) is 12.5 Å². The number of hydrogen-bond acceptors (Lipinski definition) is 2. The number of rotatable bonds is 6. The van der Waals surface area contributed by atoms with Crippen LogP contribution in [0.1, 0.15) is 44.9 Å². The molecule has 1 fully saturated rings. The molecule has 0 amide bonds. The highest BCUT2D eigenvalue weighted by molar-refractivity contribution is 4.70. The van der Waals surface area contributed by atoms with Gasteiger partial charge in [0.25, 0.3) is 0 Å². The molecule has 0 aromatic rings. The van der Waals surface area contributed by atoms with Crippen LogP contribution >= 0.6 is 0 Å². The number of ether oxygens (including phenoxy) is 1. The van der Waals surface area contributed by atoms with Crippen LogP contribution in [-0.4, -0.2) is 32.0 Å². The maximum Gasteiger partial charge on any atom is 0.411 e. The molecule has 1 N–H and O–H groups in total. The molecule has 0 aromatic carbocycles. The van der Waals surface area contributed by atoms with Crippen LogP contribution in [0.3, 0.4) is 0 Å². The van der Waals surface area contributed by atoms with Crippen LogP contribution in [0.5, 0.6) is 0 Å². The number of nitrogens with one attached hydrogen (secondary N) is 1. The van der Waals surface area contributed by atoms with Crippen molar-refractivity contribution in [2.75, 3.05) is 19.8 Å². The Morgan fingerprint density at radius 1 is 1.06 bits per heavy atom. The molecule has 0 bridgehead atoms. The van der Waals surface area contributed by atoms with Gasteiger partial charge in [-0.2, -0.15) is 13.2 Å². The smallest absolute Gasteiger partial charge is 0.372 e. The summed E-state index contributed by atoms with van der Waals surface area (Å²) in [5.74, 6) is 0. The largest absolute Gasteiger partial charge is 0.411 e. The van der Waals surface area contributed by atoms with E-state index in [2.05, 4.69) is 10.1 Å². The van der Waals surface area contributed by atoms with Gasteiger partial charge in [0, 0.05) is 12.6 Å². The first-order chi connectivity index (χ1) is 8.08. The molecule has 2 nitrogen and oxygen atoms in total. The van der Waals surface area contributed by atoms with E-state index >= 15 is 0 Å². The van der Waals surface area contributed by atoms with E-state index in [0.717, 1.165) is 6.54 Å². The fourth-order valence-corrected chi connectivity index (χ4v) is 2.15. The second kappa shape index (κ2) is 7.93. The summed E-state index contributed by atoms with van der Waals surface area (Å²) in [4.78, 5) is 0. The van der Waals surface area contributed by atoms with Crippen LogP contribution < -0.4 is 5.32 Å². The van der Waals surface area contributed by atoms with Gasteiger partial charge in [-0.3, -0.25) is 0 Å². The molecule has 0 aliphatic heterocycles. The summed E-state index contributed by atoms with van der Waals surface area (Å²) in [6, 6.07) is 0.556. The number of halogens is 3. The standard InChI is InChI=1S/C12H22F3NO/c13-12(14,15)10-17-9-5-8-16-11-6-3-1-2-4-7-11/h11,16H,1-10H2. The Morgan fingerprint density at radius 2 is 1.71 bits per heavy atom. The molecule has 0 saturated heterocycles. The first kappa shape index (κ1) is 14.8. The highest BCUT2D eigenvalue weighted by Gasteiger charge is 2.27. The molecule has 0 spiro atoms. The lowest BCUT2D eigenvalue weighted by Crippen LogP contribution is -2.30. The van der Waals surface area contributed by atoms with E-state index in [9.17, 15) is 13.2 Å². The minimum atomic E-state index is -4.20. The van der Waals surface area contributed by atoms with Crippen molar-refractivity contribution in [2.45, 2.75) is 57.2 Å². The van der Waals surface area contributed by atoms with Crippen molar-refractivity contribution < 1.29 is 17.9 Å². The highest BCUT2D eigenvalue weighted by atomic mass is 19.4. The fraction of sp³-hybridized carbons (Fsp3) is 1.00. The van der Waals surface area contributed by atoms with Crippen molar-refractivity contribution in [3.8, 4) is 0 Å². The number of alkyl halides is 3. The van der Waals surface area contributed by atoms with E-state index in [1.165, 1.54) is 38.5 Å². The van der Waals surface area contributed by atoms with Crippen LogP contribution in [0.25, 0.3) is 0 Å². The zero-order chi connectivity index (χ0) is 12.6. The minimum Gasteiger partial charge on any atom is -0.372 e. The van der Waals surface area contributed by atoms with Gasteiger partial charge in [-0.25, -0.2) is 0 Å². The third-order valence-corrected chi connectivity index (χ3v) is 3.02. The third-order valence-electron chi connectivity index (χ3n) is 3.02. The molecule has 102 valence electrons. The first-order valence-corrected chi connectivity index (χ1v) is 6.46. The Labute approximate surface area is 101 Å². The second-order valence-electron chi connectivity index (χ2n) is 4.66. The fourth-order valence-electron chi connectivity index (χ4n) is 2.15. The average molecular weight is 253 g/mol. The summed E-state index contributed by atoms with van der Waals surface area (Å²) in [6.45, 7) is -0.196. The molecular weight excluding hydrogens is 231 g/mol. The molecule has 0 atom stereocenters. The lowest BCUT2D eigenvalue weighted by molar-refractivity contribution is -0.173. The minimum absolute atomic E-state index is 0.180. The molecule has 1 rings (SSSR count). The van der Waals surface area contributed by atoms with E-state index in [1.807, 2.05) is 0 Å². The van der Waals surface area contributed by atoms with Crippen molar-refractivity contribution in [3.05, 3.63) is 0 Å². The van der Waals surface area contributed by atoms with Crippen molar-refractivity contribution in [1.82, 2.24) is 5.32 Å². The maximum absolute atomic E-state index is 11.8. The Bertz CT molecular complexity index is 189. The molecule has 1 aliphatic rings. The van der Waals surface area contributed by atoms with Crippen LogP contribution in [0, 0.1) is 0 Å². The molecule has 5 heteroatoms. The molecule has 0 unspecified atom stereocenters. The van der Waals surface area contributed by atoms with Crippen LogP contribution in [-0.2, 0) is 4.74 Å². The zero-order valence-electron chi connectivity index (χ0n) is 10.2. The molecular formula is C12H22F3NO. The van der Waals surface area contributed by atoms with Crippen LogP contribution in [0.2, 0.25) is 0 Å². The van der Waals surface area contributed by atoms with Gasteiger partial charge in [-0.1, -0.05) is 25.7 Å². The van der Waals surface area contributed by atoms with Crippen molar-refractivity contribution >= 4 is 0 Å². The quantitative estimate of drug-likeness (QED) is 0.579. The van der Waals surface area contributed by atoms with E-state index in [-0.39, 0.29) is 6.61 Å². The first-order valence-electron chi connectivity index (χ1n) is 6.46. The van der Waals surface area contributed by atoms with Gasteiger partial charge < -0.3 is 10.1 Å². The van der Waals surface area contributed by atoms with Crippen LogP contribution in [0.15, 0.2) is 0 Å². The molecule has 0 aromatic heterocycles. The predicted octanol–water partition coefficient (Wildman–Crippen LogP) is 3.27. The molecule has 1 aliphatic carbocycles. The van der Waals surface area contributed by atoms with Gasteiger partial charge in [0.2, 0.25) is 0 Å². The van der Waals surface area contributed by atoms with Crippen LogP contribution in [0.4, 0.5) is 13.2 Å². The van der Waals surface area contributed by atoms with Gasteiger partial charge in [0.05, 0.1) is 0 Å². The predicted molar refractivity (Wildman–Crippen MR) is 61.0 cm³/mol. The van der Waals surface area contributed by atoms with Crippen molar-refractivity contribution in [2.24, 2.45) is 0 Å². The summed E-state index contributed by atoms with van der Waals surface area (Å²) in [5, 5.41) is 3.40. The Hall–Kier alpha value is -0.290. The third kappa shape index (κ3) is 8.44. The van der Waals surface area contributed by atoms with Crippen molar-refractivity contribution in [1.29, 1.82) is 0 Å². The zero-order valence-corrected chi connectivity index (χ0v) is 10.2. The molecule has 17 heavy (non-hydrogen) atoms. The van der Waals surface area contributed by atoms with Gasteiger partial charge in [-0.05, 0) is 25.8 Å². The lowest BCUT2D eigenvalue weighted by Gasteiger charge is -2.16. The van der Waals surface area contributed by atoms with Crippen molar-refractivity contribution in [3.63, 3.8) is 0 Å². The Balaban J connectivity index is 1.93. The lowest BCUT2D eigenvalue weighted by atomic mass is 10.1. The Kier molecular flexibility index (Phi) is 6.89. The summed E-state index contributed by atoms with van der Waals surface area (Å²) in [5.41, 5.74) is 0. The van der Waals surface area contributed by atoms with E-state index < -0.39 is 12.8 Å². The van der Waals surface area contributed by atoms with E-state index in [4.69, 9.17) is 0 Å². The van der Waals surface area contributed by atoms with Gasteiger partial charge in [0.1, 0.15) is 6.61 Å². The summed E-state index contributed by atoms with van der Waals surface area (Å²) < 4.78 is 39.8. The second-order valence-corrected chi connectivity index (χ2v) is 4.66. The highest BCUT2D eigenvalue weighted by Crippen LogP contribution is 2.17. The van der Waals surface area contributed by atoms with E-state index in [1.54, 1.807) is 0 Å². The SMILES string of the molecule is FC(F)(F)COCCCNC1CCCCCC1. The normalized spacial score (nSPS) is 19.2. The van der Waals surface area contributed by atoms with Gasteiger partial charge >= 0.3 is 6.18 Å². The molecule has 1 saturated carbocycles. The summed E-state index contributed by atoms with van der Waals surface area (Å²) in [6.07, 6.45) is 4.00. The molecule has 0 heterocycles. The monoisotopic (exact) mass is 253 g/mol. The summed E-state index contributed by atoms with van der Waals surface area (Å²) in [7, 11) is 0. The van der Waals surface area contributed by atoms with Gasteiger partial charge in [0.15, 0.2) is 0 Å².